The van der Waals surface area contributed by atoms with Gasteiger partial charge in [0.25, 0.3) is 5.91 Å². The van der Waals surface area contributed by atoms with Crippen LogP contribution in [-0.4, -0.2) is 25.5 Å². The van der Waals surface area contributed by atoms with E-state index in [1.54, 1.807) is 40.8 Å². The molecule has 3 aromatic rings. The summed E-state index contributed by atoms with van der Waals surface area (Å²) >= 11 is 15.4. The number of carbonyl (C=O) groups excluding carboxylic acids is 1. The molecule has 0 radical (unpaired) electrons. The topological polar surface area (TPSA) is 64.7 Å². The molecule has 9 heteroatoms. The number of aromatic nitrogens is 4. The van der Waals surface area contributed by atoms with Gasteiger partial charge >= 0.3 is 0 Å². The van der Waals surface area contributed by atoms with Crippen molar-refractivity contribution in [2.45, 2.75) is 26.9 Å². The van der Waals surface area contributed by atoms with Gasteiger partial charge in [0.05, 0.1) is 32.3 Å². The average Bonchev–Trinajstić information content (AvgIpc) is 3.13. The van der Waals surface area contributed by atoms with E-state index < -0.39 is 0 Å². The molecule has 1 aromatic carbocycles. The molecule has 6 nitrogen and oxygen atoms in total. The van der Waals surface area contributed by atoms with E-state index in [9.17, 15) is 4.79 Å². The fourth-order valence-electron chi connectivity index (χ4n) is 2.47. The Morgan fingerprint density at radius 1 is 1.19 bits per heavy atom. The zero-order valence-electron chi connectivity index (χ0n) is 14.1. The van der Waals surface area contributed by atoms with E-state index in [4.69, 9.17) is 23.2 Å². The van der Waals surface area contributed by atoms with Crippen molar-refractivity contribution < 1.29 is 4.79 Å². The van der Waals surface area contributed by atoms with Gasteiger partial charge in [0.1, 0.15) is 0 Å². The van der Waals surface area contributed by atoms with Gasteiger partial charge in [-0.25, -0.2) is 0 Å². The highest BCUT2D eigenvalue weighted by Crippen LogP contribution is 2.25. The van der Waals surface area contributed by atoms with Gasteiger partial charge in [-0.2, -0.15) is 10.2 Å². The molecule has 0 bridgehead atoms. The van der Waals surface area contributed by atoms with Crippen LogP contribution in [0, 0.1) is 6.92 Å². The quantitative estimate of drug-likeness (QED) is 0.600. The first-order chi connectivity index (χ1) is 12.4. The summed E-state index contributed by atoms with van der Waals surface area (Å²) in [4.78, 5) is 12.5. The number of nitrogens with one attached hydrogen (secondary N) is 1. The van der Waals surface area contributed by atoms with Crippen LogP contribution in [0.2, 0.25) is 10.0 Å². The Bertz CT molecular complexity index is 966. The molecule has 0 unspecified atom stereocenters. The monoisotopic (exact) mass is 455 g/mol. The predicted octanol–water partition coefficient (Wildman–Crippen LogP) is 4.78. The first kappa shape index (κ1) is 18.9. The summed E-state index contributed by atoms with van der Waals surface area (Å²) in [6.45, 7) is 4.97. The summed E-state index contributed by atoms with van der Waals surface area (Å²) in [5.41, 5.74) is 2.15. The van der Waals surface area contributed by atoms with Gasteiger partial charge in [-0.3, -0.25) is 14.2 Å². The normalized spacial score (nSPS) is 11.0. The number of amides is 1. The molecular formula is C17H16BrCl2N5O. The molecular weight excluding hydrogens is 441 g/mol. The average molecular weight is 457 g/mol. The molecule has 0 atom stereocenters. The van der Waals surface area contributed by atoms with E-state index in [2.05, 4.69) is 31.4 Å². The second-order valence-corrected chi connectivity index (χ2v) is 7.38. The van der Waals surface area contributed by atoms with Crippen LogP contribution in [0.15, 0.2) is 35.1 Å². The fourth-order valence-corrected chi connectivity index (χ4v) is 3.20. The van der Waals surface area contributed by atoms with Crippen molar-refractivity contribution >= 4 is 50.9 Å². The van der Waals surface area contributed by atoms with Crippen LogP contribution in [0.1, 0.15) is 28.5 Å². The minimum absolute atomic E-state index is 0.248. The SMILES string of the molecule is CCn1cc(C(=O)Nc2nn(Cc3ccc(Cl)c(Cl)c3)cc2Br)c(C)n1. The highest BCUT2D eigenvalue weighted by molar-refractivity contribution is 9.10. The fraction of sp³-hybridized carbons (Fsp3) is 0.235. The lowest BCUT2D eigenvalue weighted by Crippen LogP contribution is -2.13. The van der Waals surface area contributed by atoms with Gasteiger partial charge in [-0.05, 0) is 47.5 Å². The first-order valence-electron chi connectivity index (χ1n) is 7.89. The molecule has 0 aliphatic rings. The molecule has 0 aliphatic heterocycles. The second kappa shape index (κ2) is 7.82. The number of hydrogen-bond acceptors (Lipinski definition) is 3. The Morgan fingerprint density at radius 3 is 2.62 bits per heavy atom. The molecule has 0 fully saturated rings. The van der Waals surface area contributed by atoms with Gasteiger partial charge in [0, 0.05) is 18.9 Å². The van der Waals surface area contributed by atoms with Crippen LogP contribution < -0.4 is 5.32 Å². The molecule has 2 heterocycles. The van der Waals surface area contributed by atoms with Gasteiger partial charge in [-0.15, -0.1) is 0 Å². The third kappa shape index (κ3) is 4.11. The molecule has 136 valence electrons. The summed E-state index contributed by atoms with van der Waals surface area (Å²) in [5.74, 6) is 0.196. The van der Waals surface area contributed by atoms with E-state index >= 15 is 0 Å². The van der Waals surface area contributed by atoms with Crippen LogP contribution in [0.4, 0.5) is 5.82 Å². The second-order valence-electron chi connectivity index (χ2n) is 5.71. The lowest BCUT2D eigenvalue weighted by molar-refractivity contribution is 0.102. The van der Waals surface area contributed by atoms with Gasteiger partial charge in [0.15, 0.2) is 5.82 Å². The molecule has 1 amide bonds. The molecule has 0 aliphatic carbocycles. The van der Waals surface area contributed by atoms with Crippen molar-refractivity contribution in [3.05, 3.63) is 61.9 Å². The van der Waals surface area contributed by atoms with E-state index in [1.165, 1.54) is 0 Å². The Labute approximate surface area is 169 Å². The maximum Gasteiger partial charge on any atom is 0.260 e. The molecule has 2 aromatic heterocycles. The third-order valence-corrected chi connectivity index (χ3v) is 5.11. The number of hydrogen-bond donors (Lipinski definition) is 1. The van der Waals surface area contributed by atoms with Crippen molar-refractivity contribution in [3.8, 4) is 0 Å². The Balaban J connectivity index is 1.76. The van der Waals surface area contributed by atoms with Gasteiger partial charge in [0.2, 0.25) is 0 Å². The zero-order chi connectivity index (χ0) is 18.8. The van der Waals surface area contributed by atoms with E-state index in [0.717, 1.165) is 5.56 Å². The highest BCUT2D eigenvalue weighted by atomic mass is 79.9. The Morgan fingerprint density at radius 2 is 1.96 bits per heavy atom. The number of anilines is 1. The van der Waals surface area contributed by atoms with E-state index in [1.807, 2.05) is 13.0 Å². The van der Waals surface area contributed by atoms with Crippen LogP contribution in [0.25, 0.3) is 0 Å². The van der Waals surface area contributed by atoms with Crippen LogP contribution in [-0.2, 0) is 13.1 Å². The summed E-state index contributed by atoms with van der Waals surface area (Å²) < 4.78 is 4.12. The van der Waals surface area contributed by atoms with Gasteiger partial charge in [-0.1, -0.05) is 29.3 Å². The molecule has 26 heavy (non-hydrogen) atoms. The zero-order valence-corrected chi connectivity index (χ0v) is 17.2. The summed E-state index contributed by atoms with van der Waals surface area (Å²) in [5, 5.41) is 12.5. The van der Waals surface area contributed by atoms with Crippen molar-refractivity contribution in [1.29, 1.82) is 0 Å². The van der Waals surface area contributed by atoms with Crippen LogP contribution in [0.5, 0.6) is 0 Å². The van der Waals surface area contributed by atoms with Crippen molar-refractivity contribution in [2.24, 2.45) is 0 Å². The van der Waals surface area contributed by atoms with E-state index in [0.29, 0.717) is 44.7 Å². The smallest absolute Gasteiger partial charge is 0.260 e. The summed E-state index contributed by atoms with van der Waals surface area (Å²) in [6, 6.07) is 5.42. The van der Waals surface area contributed by atoms with Crippen LogP contribution in [0.3, 0.4) is 0 Å². The number of rotatable bonds is 5. The number of aryl methyl sites for hydroxylation is 2. The maximum absolute atomic E-state index is 12.5. The summed E-state index contributed by atoms with van der Waals surface area (Å²) in [6.07, 6.45) is 3.52. The highest BCUT2D eigenvalue weighted by Gasteiger charge is 2.16. The minimum atomic E-state index is -0.248. The lowest BCUT2D eigenvalue weighted by atomic mass is 10.2. The largest absolute Gasteiger partial charge is 0.304 e. The molecule has 3 rings (SSSR count). The number of nitrogens with zero attached hydrogens (tertiary/aromatic N) is 4. The summed E-state index contributed by atoms with van der Waals surface area (Å²) in [7, 11) is 0. The number of benzene rings is 1. The Hall–Kier alpha value is -1.83. The third-order valence-electron chi connectivity index (χ3n) is 3.79. The maximum atomic E-state index is 12.5. The van der Waals surface area contributed by atoms with Crippen LogP contribution >= 0.6 is 39.1 Å². The first-order valence-corrected chi connectivity index (χ1v) is 9.44. The Kier molecular flexibility index (Phi) is 5.70. The molecule has 0 saturated heterocycles. The lowest BCUT2D eigenvalue weighted by Gasteiger charge is -2.04. The molecule has 1 N–H and O–H groups in total. The van der Waals surface area contributed by atoms with Gasteiger partial charge < -0.3 is 5.32 Å². The minimum Gasteiger partial charge on any atom is -0.304 e. The van der Waals surface area contributed by atoms with E-state index in [-0.39, 0.29) is 5.91 Å². The van der Waals surface area contributed by atoms with Crippen molar-refractivity contribution in [3.63, 3.8) is 0 Å². The standard InChI is InChI=1S/C17H16BrCl2N5O/c1-3-24-8-12(10(2)22-24)17(26)21-16-13(18)9-25(23-16)7-11-4-5-14(19)15(20)6-11/h4-6,8-9H,3,7H2,1-2H3,(H,21,23,26). The van der Waals surface area contributed by atoms with Crippen molar-refractivity contribution in [1.82, 2.24) is 19.6 Å². The van der Waals surface area contributed by atoms with Crippen molar-refractivity contribution in [2.75, 3.05) is 5.32 Å². The number of halogens is 3. The molecule has 0 spiro atoms. The predicted molar refractivity (Wildman–Crippen MR) is 106 cm³/mol. The number of carbonyl (C=O) groups is 1. The molecule has 0 saturated carbocycles.